The minimum atomic E-state index is 0.106. The Labute approximate surface area is 132 Å². The van der Waals surface area contributed by atoms with E-state index in [1.807, 2.05) is 23.1 Å². The fourth-order valence-corrected chi connectivity index (χ4v) is 2.70. The van der Waals surface area contributed by atoms with E-state index in [1.165, 1.54) is 11.1 Å². The van der Waals surface area contributed by atoms with Crippen LogP contribution in [-0.2, 0) is 17.8 Å². The first kappa shape index (κ1) is 14.1. The monoisotopic (exact) mass is 345 g/mol. The summed E-state index contributed by atoms with van der Waals surface area (Å²) in [7, 11) is 0. The summed E-state index contributed by atoms with van der Waals surface area (Å²) in [5.41, 5.74) is 2.60. The lowest BCUT2D eigenvalue weighted by atomic mass is 10.00. The number of nitrogens with one attached hydrogen (secondary N) is 1. The van der Waals surface area contributed by atoms with Gasteiger partial charge in [0, 0.05) is 23.8 Å². The van der Waals surface area contributed by atoms with E-state index in [4.69, 9.17) is 0 Å². The highest BCUT2D eigenvalue weighted by Gasteiger charge is 2.19. The molecule has 0 unspecified atom stereocenters. The van der Waals surface area contributed by atoms with Crippen LogP contribution in [0.1, 0.15) is 11.1 Å². The van der Waals surface area contributed by atoms with Crippen LogP contribution in [0.2, 0.25) is 0 Å². The Balaban J connectivity index is 1.58. The van der Waals surface area contributed by atoms with Gasteiger partial charge < -0.3 is 10.2 Å². The van der Waals surface area contributed by atoms with Gasteiger partial charge in [0.25, 0.3) is 0 Å². The average molecular weight is 346 g/mol. The maximum absolute atomic E-state index is 12.3. The van der Waals surface area contributed by atoms with Crippen LogP contribution in [0, 0.1) is 0 Å². The summed E-state index contributed by atoms with van der Waals surface area (Å²) in [5, 5.41) is 3.07. The number of rotatable bonds is 3. The van der Waals surface area contributed by atoms with Crippen molar-refractivity contribution < 1.29 is 4.79 Å². The summed E-state index contributed by atoms with van der Waals surface area (Å²) in [6.45, 7) is 1.76. The molecular formula is C16H16BrN3O. The highest BCUT2D eigenvalue weighted by atomic mass is 79.9. The Morgan fingerprint density at radius 3 is 2.81 bits per heavy atom. The van der Waals surface area contributed by atoms with Gasteiger partial charge in [0.2, 0.25) is 5.91 Å². The Hall–Kier alpha value is -1.88. The summed E-state index contributed by atoms with van der Waals surface area (Å²) < 4.78 is 0.923. The number of carbonyl (C=O) groups excluding carboxylic acids is 1. The molecule has 1 aromatic carbocycles. The van der Waals surface area contributed by atoms with Crippen molar-refractivity contribution in [2.45, 2.75) is 13.0 Å². The van der Waals surface area contributed by atoms with E-state index in [-0.39, 0.29) is 12.5 Å². The van der Waals surface area contributed by atoms with Crippen LogP contribution >= 0.6 is 15.9 Å². The third kappa shape index (κ3) is 3.42. The molecular weight excluding hydrogens is 330 g/mol. The lowest BCUT2D eigenvalue weighted by Gasteiger charge is -2.29. The predicted octanol–water partition coefficient (Wildman–Crippen LogP) is 2.84. The molecule has 0 bridgehead atoms. The van der Waals surface area contributed by atoms with E-state index in [0.29, 0.717) is 12.4 Å². The molecule has 0 fully saturated rings. The second kappa shape index (κ2) is 6.26. The summed E-state index contributed by atoms with van der Waals surface area (Å²) >= 11 is 3.34. The number of carbonyl (C=O) groups is 1. The predicted molar refractivity (Wildman–Crippen MR) is 86.0 cm³/mol. The number of aromatic nitrogens is 1. The standard InChI is InChI=1S/C16H16BrN3O/c17-14-5-6-15(18-9-14)19-10-16(21)20-8-7-12-3-1-2-4-13(12)11-20/h1-6,9H,7-8,10-11H2,(H,18,19). The second-order valence-electron chi connectivity index (χ2n) is 5.05. The normalized spacial score (nSPS) is 13.7. The van der Waals surface area contributed by atoms with Crippen LogP contribution < -0.4 is 5.32 Å². The van der Waals surface area contributed by atoms with Gasteiger partial charge in [-0.25, -0.2) is 4.98 Å². The van der Waals surface area contributed by atoms with Crippen molar-refractivity contribution in [3.8, 4) is 0 Å². The van der Waals surface area contributed by atoms with E-state index in [9.17, 15) is 4.79 Å². The molecule has 0 saturated carbocycles. The molecule has 1 amide bonds. The maximum Gasteiger partial charge on any atom is 0.242 e. The molecule has 2 heterocycles. The molecule has 108 valence electrons. The molecule has 0 radical (unpaired) electrons. The SMILES string of the molecule is O=C(CNc1ccc(Br)cn1)N1CCc2ccccc2C1. The molecule has 1 aliphatic heterocycles. The van der Waals surface area contributed by atoms with Crippen molar-refractivity contribution in [2.24, 2.45) is 0 Å². The van der Waals surface area contributed by atoms with Gasteiger partial charge in [0.1, 0.15) is 5.82 Å². The molecule has 21 heavy (non-hydrogen) atoms. The molecule has 1 N–H and O–H groups in total. The van der Waals surface area contributed by atoms with Gasteiger partial charge >= 0.3 is 0 Å². The van der Waals surface area contributed by atoms with Crippen LogP contribution in [0.3, 0.4) is 0 Å². The molecule has 0 saturated heterocycles. The molecule has 0 aliphatic carbocycles. The summed E-state index contributed by atoms with van der Waals surface area (Å²) in [6, 6.07) is 12.1. The van der Waals surface area contributed by atoms with Crippen molar-refractivity contribution >= 4 is 27.7 Å². The quantitative estimate of drug-likeness (QED) is 0.930. The molecule has 1 aliphatic rings. The lowest BCUT2D eigenvalue weighted by molar-refractivity contribution is -0.130. The Morgan fingerprint density at radius 1 is 1.24 bits per heavy atom. The van der Waals surface area contributed by atoms with Crippen molar-refractivity contribution in [3.05, 3.63) is 58.2 Å². The number of pyridine rings is 1. The Bertz CT molecular complexity index is 642. The van der Waals surface area contributed by atoms with E-state index >= 15 is 0 Å². The van der Waals surface area contributed by atoms with Gasteiger partial charge in [-0.3, -0.25) is 4.79 Å². The van der Waals surface area contributed by atoms with Crippen LogP contribution in [0.5, 0.6) is 0 Å². The molecule has 0 spiro atoms. The van der Waals surface area contributed by atoms with Crippen LogP contribution in [0.4, 0.5) is 5.82 Å². The van der Waals surface area contributed by atoms with Gasteiger partial charge in [-0.2, -0.15) is 0 Å². The summed E-state index contributed by atoms with van der Waals surface area (Å²) in [4.78, 5) is 18.4. The van der Waals surface area contributed by atoms with E-state index < -0.39 is 0 Å². The van der Waals surface area contributed by atoms with Gasteiger partial charge in [-0.05, 0) is 45.6 Å². The number of anilines is 1. The largest absolute Gasteiger partial charge is 0.361 e. The number of halogens is 1. The van der Waals surface area contributed by atoms with E-state index in [1.54, 1.807) is 6.20 Å². The zero-order chi connectivity index (χ0) is 14.7. The van der Waals surface area contributed by atoms with Crippen molar-refractivity contribution in [2.75, 3.05) is 18.4 Å². The number of hydrogen-bond donors (Lipinski definition) is 1. The third-order valence-corrected chi connectivity index (χ3v) is 4.10. The smallest absolute Gasteiger partial charge is 0.242 e. The van der Waals surface area contributed by atoms with Crippen LogP contribution in [0.25, 0.3) is 0 Å². The number of amides is 1. The maximum atomic E-state index is 12.3. The van der Waals surface area contributed by atoms with Crippen molar-refractivity contribution in [1.82, 2.24) is 9.88 Å². The molecule has 5 heteroatoms. The molecule has 0 atom stereocenters. The average Bonchev–Trinajstić information content (AvgIpc) is 2.53. The first-order chi connectivity index (χ1) is 10.2. The first-order valence-corrected chi connectivity index (χ1v) is 7.71. The van der Waals surface area contributed by atoms with Crippen molar-refractivity contribution in [3.63, 3.8) is 0 Å². The van der Waals surface area contributed by atoms with Crippen LogP contribution in [-0.4, -0.2) is 28.9 Å². The van der Waals surface area contributed by atoms with Crippen molar-refractivity contribution in [1.29, 1.82) is 0 Å². The fourth-order valence-electron chi connectivity index (χ4n) is 2.47. The van der Waals surface area contributed by atoms with E-state index in [0.717, 1.165) is 17.4 Å². The number of benzene rings is 1. The zero-order valence-electron chi connectivity index (χ0n) is 11.6. The first-order valence-electron chi connectivity index (χ1n) is 6.92. The summed E-state index contributed by atoms with van der Waals surface area (Å²) in [5.74, 6) is 0.818. The highest BCUT2D eigenvalue weighted by Crippen LogP contribution is 2.18. The molecule has 1 aromatic heterocycles. The lowest BCUT2D eigenvalue weighted by Crippen LogP contribution is -2.39. The van der Waals surface area contributed by atoms with Crippen LogP contribution in [0.15, 0.2) is 47.1 Å². The third-order valence-electron chi connectivity index (χ3n) is 3.63. The van der Waals surface area contributed by atoms with Gasteiger partial charge in [-0.1, -0.05) is 24.3 Å². The Morgan fingerprint density at radius 2 is 2.05 bits per heavy atom. The van der Waals surface area contributed by atoms with Gasteiger partial charge in [0.15, 0.2) is 0 Å². The second-order valence-corrected chi connectivity index (χ2v) is 5.96. The summed E-state index contributed by atoms with van der Waals surface area (Å²) in [6.07, 6.45) is 2.64. The number of hydrogen-bond acceptors (Lipinski definition) is 3. The minimum Gasteiger partial charge on any atom is -0.361 e. The van der Waals surface area contributed by atoms with Gasteiger partial charge in [-0.15, -0.1) is 0 Å². The zero-order valence-corrected chi connectivity index (χ0v) is 13.1. The number of nitrogens with zero attached hydrogens (tertiary/aromatic N) is 2. The van der Waals surface area contributed by atoms with E-state index in [2.05, 4.69) is 44.4 Å². The minimum absolute atomic E-state index is 0.106. The Kier molecular flexibility index (Phi) is 4.20. The molecule has 3 rings (SSSR count). The number of fused-ring (bicyclic) bond motifs is 1. The fraction of sp³-hybridized carbons (Fsp3) is 0.250. The molecule has 2 aromatic rings. The topological polar surface area (TPSA) is 45.2 Å². The molecule has 4 nitrogen and oxygen atoms in total. The van der Waals surface area contributed by atoms with Gasteiger partial charge in [0.05, 0.1) is 6.54 Å². The highest BCUT2D eigenvalue weighted by molar-refractivity contribution is 9.10.